The molecule has 0 N–H and O–H groups in total. The van der Waals surface area contributed by atoms with Gasteiger partial charge >= 0.3 is 0 Å². The van der Waals surface area contributed by atoms with Crippen molar-refractivity contribution in [1.82, 2.24) is 14.3 Å². The zero-order chi connectivity index (χ0) is 12.3. The summed E-state index contributed by atoms with van der Waals surface area (Å²) in [6, 6.07) is 3.11. The molecule has 0 bridgehead atoms. The van der Waals surface area contributed by atoms with Gasteiger partial charge in [0.1, 0.15) is 5.82 Å². The highest BCUT2D eigenvalue weighted by Gasteiger charge is 2.10. The summed E-state index contributed by atoms with van der Waals surface area (Å²) in [6.07, 6.45) is 2.15. The van der Waals surface area contributed by atoms with Crippen LogP contribution in [0.2, 0.25) is 0 Å². The summed E-state index contributed by atoms with van der Waals surface area (Å²) < 4.78 is 22.6. The molecular weight excluding hydrogens is 241 g/mol. The van der Waals surface area contributed by atoms with Gasteiger partial charge in [0.2, 0.25) is 0 Å². The smallest absolute Gasteiger partial charge is 0.298 e. The van der Waals surface area contributed by atoms with Crippen molar-refractivity contribution in [2.45, 2.75) is 20.3 Å². The predicted octanol–water partition coefficient (Wildman–Crippen LogP) is 3.06. The molecule has 0 aromatic carbocycles. The van der Waals surface area contributed by atoms with E-state index in [0.717, 1.165) is 23.8 Å². The minimum atomic E-state index is -0.645. The highest BCUT2D eigenvalue weighted by molar-refractivity contribution is 7.07. The van der Waals surface area contributed by atoms with Crippen LogP contribution in [0, 0.1) is 11.9 Å². The molecule has 2 aromatic heterocycles. The second-order valence-corrected chi connectivity index (χ2v) is 4.68. The second-order valence-electron chi connectivity index (χ2n) is 3.97. The summed E-state index contributed by atoms with van der Waals surface area (Å²) in [4.78, 5) is 7.67. The summed E-state index contributed by atoms with van der Waals surface area (Å²) in [7, 11) is 0. The van der Waals surface area contributed by atoms with Crippen LogP contribution in [-0.4, -0.2) is 14.3 Å². The third kappa shape index (κ3) is 3.20. The lowest BCUT2D eigenvalue weighted by molar-refractivity contribution is 0.425. The zero-order valence-electron chi connectivity index (χ0n) is 9.55. The Balaban J connectivity index is 2.09. The van der Waals surface area contributed by atoms with E-state index >= 15 is 0 Å². The molecule has 0 saturated heterocycles. The van der Waals surface area contributed by atoms with Gasteiger partial charge < -0.3 is 4.74 Å². The van der Waals surface area contributed by atoms with Crippen molar-refractivity contribution < 1.29 is 9.13 Å². The number of aromatic nitrogens is 3. The molecule has 2 rings (SSSR count). The molecule has 2 heterocycles. The van der Waals surface area contributed by atoms with Crippen LogP contribution in [0.15, 0.2) is 18.3 Å². The van der Waals surface area contributed by atoms with Gasteiger partial charge in [0, 0.05) is 24.2 Å². The summed E-state index contributed by atoms with van der Waals surface area (Å²) in [6.45, 7) is 4.17. The van der Waals surface area contributed by atoms with E-state index in [2.05, 4.69) is 28.2 Å². The van der Waals surface area contributed by atoms with Crippen LogP contribution in [0.3, 0.4) is 0 Å². The Morgan fingerprint density at radius 1 is 1.47 bits per heavy atom. The molecule has 0 fully saturated rings. The van der Waals surface area contributed by atoms with Crippen molar-refractivity contribution >= 4 is 11.5 Å². The van der Waals surface area contributed by atoms with Crippen LogP contribution >= 0.6 is 11.5 Å². The van der Waals surface area contributed by atoms with Gasteiger partial charge in [-0.1, -0.05) is 13.8 Å². The number of pyridine rings is 1. The first-order valence-corrected chi connectivity index (χ1v) is 6.03. The van der Waals surface area contributed by atoms with Crippen molar-refractivity contribution in [3.05, 3.63) is 30.1 Å². The normalized spacial score (nSPS) is 10.8. The summed E-state index contributed by atoms with van der Waals surface area (Å²) in [5.41, 5.74) is 0. The fourth-order valence-corrected chi connectivity index (χ4v) is 1.84. The van der Waals surface area contributed by atoms with Crippen LogP contribution in [0.25, 0.3) is 0 Å². The van der Waals surface area contributed by atoms with E-state index < -0.39 is 5.95 Å². The first-order valence-electron chi connectivity index (χ1n) is 5.26. The van der Waals surface area contributed by atoms with Crippen LogP contribution in [0.5, 0.6) is 10.9 Å². The molecule has 0 spiro atoms. The molecular formula is C11H12FN3OS. The van der Waals surface area contributed by atoms with Gasteiger partial charge in [-0.3, -0.25) is 0 Å². The van der Waals surface area contributed by atoms with E-state index in [1.165, 1.54) is 12.3 Å². The molecule has 0 radical (unpaired) electrons. The Morgan fingerprint density at radius 2 is 2.29 bits per heavy atom. The van der Waals surface area contributed by atoms with Crippen molar-refractivity contribution in [3.8, 4) is 10.9 Å². The quantitative estimate of drug-likeness (QED) is 0.786. The number of hydrogen-bond donors (Lipinski definition) is 0. The van der Waals surface area contributed by atoms with E-state index in [4.69, 9.17) is 4.74 Å². The summed E-state index contributed by atoms with van der Waals surface area (Å²) in [5.74, 6) is 0.629. The summed E-state index contributed by atoms with van der Waals surface area (Å²) >= 11 is 1.12. The third-order valence-electron chi connectivity index (χ3n) is 1.96. The van der Waals surface area contributed by atoms with E-state index in [9.17, 15) is 4.39 Å². The van der Waals surface area contributed by atoms with Crippen LogP contribution < -0.4 is 4.74 Å². The van der Waals surface area contributed by atoms with Crippen LogP contribution in [0.4, 0.5) is 4.39 Å². The first kappa shape index (κ1) is 11.9. The predicted molar refractivity (Wildman–Crippen MR) is 62.7 cm³/mol. The monoisotopic (exact) mass is 253 g/mol. The maximum Gasteiger partial charge on any atom is 0.298 e. The molecule has 0 aliphatic rings. The number of rotatable bonds is 4. The molecule has 0 unspecified atom stereocenters. The average Bonchev–Trinajstić information content (AvgIpc) is 2.68. The van der Waals surface area contributed by atoms with E-state index in [0.29, 0.717) is 11.1 Å². The first-order chi connectivity index (χ1) is 8.15. The van der Waals surface area contributed by atoms with Gasteiger partial charge in [-0.25, -0.2) is 4.98 Å². The largest absolute Gasteiger partial charge is 0.425 e. The topological polar surface area (TPSA) is 47.9 Å². The number of ether oxygens (including phenoxy) is 1. The van der Waals surface area contributed by atoms with Crippen molar-refractivity contribution in [2.75, 3.05) is 0 Å². The lowest BCUT2D eigenvalue weighted by atomic mass is 10.1. The Kier molecular flexibility index (Phi) is 3.63. The van der Waals surface area contributed by atoms with Crippen LogP contribution in [-0.2, 0) is 6.42 Å². The molecule has 4 nitrogen and oxygen atoms in total. The molecule has 17 heavy (non-hydrogen) atoms. The average molecular weight is 253 g/mol. The third-order valence-corrected chi connectivity index (χ3v) is 2.60. The van der Waals surface area contributed by atoms with Gasteiger partial charge in [-0.15, -0.1) is 0 Å². The molecule has 0 saturated carbocycles. The van der Waals surface area contributed by atoms with Gasteiger partial charge in [0.25, 0.3) is 11.1 Å². The SMILES string of the molecule is CC(C)Cc1nsc(Oc2cccnc2F)n1. The molecule has 0 atom stereocenters. The number of hydrogen-bond acceptors (Lipinski definition) is 5. The van der Waals surface area contributed by atoms with Crippen molar-refractivity contribution in [2.24, 2.45) is 5.92 Å². The maximum absolute atomic E-state index is 13.2. The molecule has 6 heteroatoms. The fourth-order valence-electron chi connectivity index (χ4n) is 1.27. The Bertz CT molecular complexity index is 501. The molecule has 90 valence electrons. The minimum Gasteiger partial charge on any atom is -0.425 e. The number of nitrogens with zero attached hydrogens (tertiary/aromatic N) is 3. The van der Waals surface area contributed by atoms with Gasteiger partial charge in [-0.05, 0) is 18.1 Å². The van der Waals surface area contributed by atoms with E-state index in [-0.39, 0.29) is 5.75 Å². The standard InChI is InChI=1S/C11H12FN3OS/c1-7(2)6-9-14-11(17-15-9)16-8-4-3-5-13-10(8)12/h3-5,7H,6H2,1-2H3. The van der Waals surface area contributed by atoms with Gasteiger partial charge in [0.05, 0.1) is 0 Å². The van der Waals surface area contributed by atoms with E-state index in [1.54, 1.807) is 6.07 Å². The second kappa shape index (κ2) is 5.18. The van der Waals surface area contributed by atoms with Gasteiger partial charge in [0.15, 0.2) is 5.75 Å². The highest BCUT2D eigenvalue weighted by atomic mass is 32.1. The molecule has 0 aliphatic carbocycles. The fraction of sp³-hybridized carbons (Fsp3) is 0.364. The highest BCUT2D eigenvalue weighted by Crippen LogP contribution is 2.24. The molecule has 0 aliphatic heterocycles. The number of halogens is 1. The zero-order valence-corrected chi connectivity index (χ0v) is 10.4. The molecule has 0 amide bonds. The Hall–Kier alpha value is -1.56. The minimum absolute atomic E-state index is 0.0692. The van der Waals surface area contributed by atoms with Crippen LogP contribution in [0.1, 0.15) is 19.7 Å². The lowest BCUT2D eigenvalue weighted by Crippen LogP contribution is -1.96. The lowest BCUT2D eigenvalue weighted by Gasteiger charge is -2.00. The molecule has 2 aromatic rings. The van der Waals surface area contributed by atoms with Crippen molar-refractivity contribution in [1.29, 1.82) is 0 Å². The Labute approximate surface area is 103 Å². The Morgan fingerprint density at radius 3 is 3.00 bits per heavy atom. The van der Waals surface area contributed by atoms with E-state index in [1.807, 2.05) is 0 Å². The summed E-state index contributed by atoms with van der Waals surface area (Å²) in [5, 5.41) is 0.340. The van der Waals surface area contributed by atoms with Gasteiger partial charge in [-0.2, -0.15) is 13.7 Å². The van der Waals surface area contributed by atoms with Crippen molar-refractivity contribution in [3.63, 3.8) is 0 Å². The maximum atomic E-state index is 13.2.